The van der Waals surface area contributed by atoms with E-state index in [1.165, 1.54) is 0 Å². The van der Waals surface area contributed by atoms with E-state index >= 15 is 0 Å². The molecule has 1 aromatic carbocycles. The molecule has 5 heteroatoms. The molecule has 1 aromatic heterocycles. The standard InChI is InChI=1S/C19H25N3O2/c1-2-16(21-18(23)11-10-15-9-6-12-24-15)19-20-13-17(22-19)14-7-4-3-5-8-14/h3-5,7-8,13,15-16H,2,6,9-12H2,1H3,(H,20,22)(H,21,23)/t15-,16+/m0/s1. The van der Waals surface area contributed by atoms with E-state index in [0.29, 0.717) is 6.42 Å². The van der Waals surface area contributed by atoms with Crippen molar-refractivity contribution in [3.8, 4) is 11.3 Å². The number of benzene rings is 1. The van der Waals surface area contributed by atoms with Crippen LogP contribution in [0.25, 0.3) is 11.3 Å². The first kappa shape index (κ1) is 16.7. The highest BCUT2D eigenvalue weighted by molar-refractivity contribution is 5.76. The summed E-state index contributed by atoms with van der Waals surface area (Å²) in [5.74, 6) is 0.872. The minimum Gasteiger partial charge on any atom is -0.378 e. The molecule has 1 saturated heterocycles. The molecule has 2 heterocycles. The molecule has 0 saturated carbocycles. The minimum atomic E-state index is -0.0838. The van der Waals surface area contributed by atoms with Crippen molar-refractivity contribution in [2.75, 3.05) is 6.61 Å². The lowest BCUT2D eigenvalue weighted by atomic mass is 10.1. The van der Waals surface area contributed by atoms with Gasteiger partial charge >= 0.3 is 0 Å². The summed E-state index contributed by atoms with van der Waals surface area (Å²) >= 11 is 0. The number of ether oxygens (including phenoxy) is 1. The Morgan fingerprint density at radius 1 is 1.42 bits per heavy atom. The molecule has 1 amide bonds. The van der Waals surface area contributed by atoms with E-state index in [4.69, 9.17) is 4.74 Å². The first-order valence-corrected chi connectivity index (χ1v) is 8.77. The van der Waals surface area contributed by atoms with Gasteiger partial charge in [-0.3, -0.25) is 4.79 Å². The zero-order valence-corrected chi connectivity index (χ0v) is 14.1. The molecule has 24 heavy (non-hydrogen) atoms. The van der Waals surface area contributed by atoms with Crippen LogP contribution < -0.4 is 5.32 Å². The van der Waals surface area contributed by atoms with Gasteiger partial charge in [-0.2, -0.15) is 0 Å². The second-order valence-corrected chi connectivity index (χ2v) is 6.25. The van der Waals surface area contributed by atoms with Gasteiger partial charge in [0, 0.05) is 13.0 Å². The Kier molecular flexibility index (Phi) is 5.64. The lowest BCUT2D eigenvalue weighted by Crippen LogP contribution is -2.29. The molecule has 0 spiro atoms. The van der Waals surface area contributed by atoms with Crippen molar-refractivity contribution in [1.29, 1.82) is 0 Å². The van der Waals surface area contributed by atoms with Crippen molar-refractivity contribution < 1.29 is 9.53 Å². The van der Waals surface area contributed by atoms with E-state index in [0.717, 1.165) is 49.4 Å². The highest BCUT2D eigenvalue weighted by atomic mass is 16.5. The summed E-state index contributed by atoms with van der Waals surface area (Å²) in [5.41, 5.74) is 2.06. The summed E-state index contributed by atoms with van der Waals surface area (Å²) in [6, 6.07) is 9.99. The molecular formula is C19H25N3O2. The van der Waals surface area contributed by atoms with E-state index in [1.807, 2.05) is 36.5 Å². The van der Waals surface area contributed by atoms with Gasteiger partial charge in [-0.05, 0) is 31.2 Å². The second-order valence-electron chi connectivity index (χ2n) is 6.25. The molecule has 1 aliphatic rings. The van der Waals surface area contributed by atoms with Crippen molar-refractivity contribution in [1.82, 2.24) is 15.3 Å². The van der Waals surface area contributed by atoms with E-state index < -0.39 is 0 Å². The summed E-state index contributed by atoms with van der Waals surface area (Å²) in [7, 11) is 0. The van der Waals surface area contributed by atoms with Gasteiger partial charge in [0.1, 0.15) is 5.82 Å². The molecule has 3 rings (SSSR count). The van der Waals surface area contributed by atoms with Gasteiger partial charge in [0.2, 0.25) is 5.91 Å². The quantitative estimate of drug-likeness (QED) is 0.816. The van der Waals surface area contributed by atoms with Crippen LogP contribution in [-0.4, -0.2) is 28.6 Å². The summed E-state index contributed by atoms with van der Waals surface area (Å²) in [4.78, 5) is 20.0. The van der Waals surface area contributed by atoms with Crippen LogP contribution in [0.5, 0.6) is 0 Å². The Morgan fingerprint density at radius 2 is 2.25 bits per heavy atom. The van der Waals surface area contributed by atoms with Gasteiger partial charge in [0.05, 0.1) is 24.0 Å². The zero-order chi connectivity index (χ0) is 16.8. The van der Waals surface area contributed by atoms with Gasteiger partial charge in [-0.25, -0.2) is 4.98 Å². The summed E-state index contributed by atoms with van der Waals surface area (Å²) in [5, 5.41) is 3.08. The van der Waals surface area contributed by atoms with Crippen LogP contribution in [0, 0.1) is 0 Å². The normalized spacial score (nSPS) is 18.5. The van der Waals surface area contributed by atoms with Gasteiger partial charge in [0.25, 0.3) is 0 Å². The number of nitrogens with one attached hydrogen (secondary N) is 2. The summed E-state index contributed by atoms with van der Waals surface area (Å²) < 4.78 is 5.57. The van der Waals surface area contributed by atoms with Crippen LogP contribution in [0.15, 0.2) is 36.5 Å². The smallest absolute Gasteiger partial charge is 0.220 e. The van der Waals surface area contributed by atoms with Crippen LogP contribution in [0.4, 0.5) is 0 Å². The number of amides is 1. The minimum absolute atomic E-state index is 0.0648. The van der Waals surface area contributed by atoms with Crippen LogP contribution in [-0.2, 0) is 9.53 Å². The molecule has 2 aromatic rings. The molecular weight excluding hydrogens is 302 g/mol. The van der Waals surface area contributed by atoms with Crippen LogP contribution >= 0.6 is 0 Å². The third-order valence-electron chi connectivity index (χ3n) is 4.47. The van der Waals surface area contributed by atoms with Crippen molar-refractivity contribution >= 4 is 5.91 Å². The molecule has 0 bridgehead atoms. The van der Waals surface area contributed by atoms with Gasteiger partial charge in [0.15, 0.2) is 0 Å². The number of rotatable bonds is 7. The Balaban J connectivity index is 1.57. The highest BCUT2D eigenvalue weighted by Crippen LogP contribution is 2.21. The van der Waals surface area contributed by atoms with E-state index in [-0.39, 0.29) is 18.1 Å². The predicted molar refractivity (Wildman–Crippen MR) is 93.4 cm³/mol. The number of hydrogen-bond donors (Lipinski definition) is 2. The maximum atomic E-state index is 12.2. The Labute approximate surface area is 142 Å². The number of aromatic amines is 1. The summed E-state index contributed by atoms with van der Waals surface area (Å²) in [6.45, 7) is 2.88. The van der Waals surface area contributed by atoms with Crippen molar-refractivity contribution in [2.45, 2.75) is 51.2 Å². The number of H-pyrrole nitrogens is 1. The fraction of sp³-hybridized carbons (Fsp3) is 0.474. The van der Waals surface area contributed by atoms with Gasteiger partial charge < -0.3 is 15.0 Å². The molecule has 2 N–H and O–H groups in total. The maximum Gasteiger partial charge on any atom is 0.220 e. The van der Waals surface area contributed by atoms with Crippen LogP contribution in [0.3, 0.4) is 0 Å². The monoisotopic (exact) mass is 327 g/mol. The molecule has 128 valence electrons. The highest BCUT2D eigenvalue weighted by Gasteiger charge is 2.19. The molecule has 0 radical (unpaired) electrons. The Hall–Kier alpha value is -2.14. The Morgan fingerprint density at radius 3 is 2.96 bits per heavy atom. The zero-order valence-electron chi connectivity index (χ0n) is 14.1. The van der Waals surface area contributed by atoms with Gasteiger partial charge in [-0.15, -0.1) is 0 Å². The number of hydrogen-bond acceptors (Lipinski definition) is 3. The molecule has 2 atom stereocenters. The number of aromatic nitrogens is 2. The third-order valence-corrected chi connectivity index (χ3v) is 4.47. The number of carbonyl (C=O) groups excluding carboxylic acids is 1. The lowest BCUT2D eigenvalue weighted by molar-refractivity contribution is -0.122. The predicted octanol–water partition coefficient (Wildman–Crippen LogP) is 3.60. The van der Waals surface area contributed by atoms with E-state index in [2.05, 4.69) is 22.2 Å². The average molecular weight is 327 g/mol. The summed E-state index contributed by atoms with van der Waals surface area (Å²) in [6.07, 6.45) is 6.37. The number of carbonyl (C=O) groups is 1. The van der Waals surface area contributed by atoms with E-state index in [1.54, 1.807) is 0 Å². The second kappa shape index (κ2) is 8.11. The van der Waals surface area contributed by atoms with Crippen LogP contribution in [0.1, 0.15) is 50.9 Å². The fourth-order valence-electron chi connectivity index (χ4n) is 3.07. The van der Waals surface area contributed by atoms with Crippen molar-refractivity contribution in [3.63, 3.8) is 0 Å². The maximum absolute atomic E-state index is 12.2. The van der Waals surface area contributed by atoms with E-state index in [9.17, 15) is 4.79 Å². The molecule has 0 aliphatic carbocycles. The third kappa shape index (κ3) is 4.23. The molecule has 1 fully saturated rings. The SMILES string of the molecule is CC[C@@H](NC(=O)CC[C@@H]1CCCO1)c1ncc(-c2ccccc2)[nH]1. The van der Waals surface area contributed by atoms with Gasteiger partial charge in [-0.1, -0.05) is 37.3 Å². The first-order chi connectivity index (χ1) is 11.8. The van der Waals surface area contributed by atoms with Crippen molar-refractivity contribution in [2.24, 2.45) is 0 Å². The first-order valence-electron chi connectivity index (χ1n) is 8.77. The van der Waals surface area contributed by atoms with Crippen LogP contribution in [0.2, 0.25) is 0 Å². The lowest BCUT2D eigenvalue weighted by Gasteiger charge is -2.15. The molecule has 5 nitrogen and oxygen atoms in total. The number of nitrogens with zero attached hydrogens (tertiary/aromatic N) is 1. The Bertz CT molecular complexity index is 648. The number of imidazole rings is 1. The topological polar surface area (TPSA) is 67.0 Å². The molecule has 1 aliphatic heterocycles. The largest absolute Gasteiger partial charge is 0.378 e. The average Bonchev–Trinajstić information content (AvgIpc) is 3.30. The molecule has 0 unspecified atom stereocenters. The fourth-order valence-corrected chi connectivity index (χ4v) is 3.07. The van der Waals surface area contributed by atoms with Crippen molar-refractivity contribution in [3.05, 3.63) is 42.4 Å².